The molecule has 0 aliphatic rings. The Balaban J connectivity index is 2.80. The molecule has 1 atom stereocenters. The predicted octanol–water partition coefficient (Wildman–Crippen LogP) is 1.95. The Labute approximate surface area is 149 Å². The lowest BCUT2D eigenvalue weighted by Gasteiger charge is -2.23. The lowest BCUT2D eigenvalue weighted by atomic mass is 10.0. The van der Waals surface area contributed by atoms with Gasteiger partial charge in [-0.1, -0.05) is 56.0 Å². The van der Waals surface area contributed by atoms with Crippen LogP contribution in [-0.4, -0.2) is 42.1 Å². The first-order valence-electron chi connectivity index (χ1n) is 8.55. The summed E-state index contributed by atoms with van der Waals surface area (Å²) in [5.74, 6) is 0.898. The average molecular weight is 342 g/mol. The van der Waals surface area contributed by atoms with E-state index >= 15 is 0 Å². The van der Waals surface area contributed by atoms with Gasteiger partial charge in [-0.15, -0.1) is 6.42 Å². The van der Waals surface area contributed by atoms with Gasteiger partial charge in [0.15, 0.2) is 0 Å². The van der Waals surface area contributed by atoms with Crippen molar-refractivity contribution >= 4 is 17.6 Å². The van der Waals surface area contributed by atoms with Gasteiger partial charge in [0.1, 0.15) is 6.04 Å². The van der Waals surface area contributed by atoms with Crippen molar-refractivity contribution in [1.82, 2.24) is 10.2 Å². The Morgan fingerprint density at radius 2 is 1.88 bits per heavy atom. The third-order valence-corrected chi connectivity index (χ3v) is 3.85. The highest BCUT2D eigenvalue weighted by atomic mass is 16.2. The average Bonchev–Trinajstić information content (AvgIpc) is 2.61. The van der Waals surface area contributed by atoms with E-state index in [0.29, 0.717) is 12.8 Å². The second-order valence-electron chi connectivity index (χ2n) is 5.99. The number of amides is 2. The number of unbranched alkanes of at least 4 members (excludes halogenated alkanes) is 2. The van der Waals surface area contributed by atoms with Crippen molar-refractivity contribution in [3.63, 3.8) is 0 Å². The number of nitrogens with one attached hydrogen (secondary N) is 1. The van der Waals surface area contributed by atoms with Crippen LogP contribution in [-0.2, 0) is 20.8 Å². The Bertz CT molecular complexity index is 620. The Kier molecular flexibility index (Phi) is 9.02. The predicted molar refractivity (Wildman–Crippen MR) is 97.7 cm³/mol. The summed E-state index contributed by atoms with van der Waals surface area (Å²) in [7, 11) is 1.58. The molecule has 0 aliphatic carbocycles. The van der Waals surface area contributed by atoms with Crippen LogP contribution in [0.3, 0.4) is 0 Å². The fourth-order valence-corrected chi connectivity index (χ4v) is 2.42. The highest BCUT2D eigenvalue weighted by molar-refractivity contribution is 6.36. The van der Waals surface area contributed by atoms with E-state index in [2.05, 4.69) is 11.2 Å². The van der Waals surface area contributed by atoms with E-state index in [0.717, 1.165) is 18.4 Å². The molecule has 5 heteroatoms. The summed E-state index contributed by atoms with van der Waals surface area (Å²) in [6.07, 6.45) is 8.31. The lowest BCUT2D eigenvalue weighted by molar-refractivity contribution is -0.141. The summed E-state index contributed by atoms with van der Waals surface area (Å²) < 4.78 is 0. The highest BCUT2D eigenvalue weighted by Crippen LogP contribution is 2.07. The van der Waals surface area contributed by atoms with Crippen LogP contribution in [0.4, 0.5) is 0 Å². The SMILES string of the molecule is C#CCN(C)C(=O)C(Cc1ccccc1)NC(=O)C(=O)CCCCC. The molecule has 0 saturated heterocycles. The number of carbonyl (C=O) groups excluding carboxylic acids is 3. The van der Waals surface area contributed by atoms with Gasteiger partial charge in [0.25, 0.3) is 5.91 Å². The Morgan fingerprint density at radius 3 is 2.48 bits per heavy atom. The maximum atomic E-state index is 12.6. The van der Waals surface area contributed by atoms with Gasteiger partial charge < -0.3 is 10.2 Å². The minimum Gasteiger partial charge on any atom is -0.337 e. The van der Waals surface area contributed by atoms with Crippen molar-refractivity contribution < 1.29 is 14.4 Å². The number of carbonyl (C=O) groups is 3. The molecule has 1 rings (SSSR count). The second-order valence-corrected chi connectivity index (χ2v) is 5.99. The molecule has 0 spiro atoms. The molecule has 1 N–H and O–H groups in total. The monoisotopic (exact) mass is 342 g/mol. The van der Waals surface area contributed by atoms with Crippen LogP contribution < -0.4 is 5.32 Å². The van der Waals surface area contributed by atoms with E-state index in [1.54, 1.807) is 7.05 Å². The van der Waals surface area contributed by atoms with Crippen molar-refractivity contribution in [2.75, 3.05) is 13.6 Å². The molecular formula is C20H26N2O3. The van der Waals surface area contributed by atoms with Crippen molar-refractivity contribution in [1.29, 1.82) is 0 Å². The largest absolute Gasteiger partial charge is 0.337 e. The molecule has 1 aromatic carbocycles. The number of hydrogen-bond acceptors (Lipinski definition) is 3. The maximum Gasteiger partial charge on any atom is 0.288 e. The van der Waals surface area contributed by atoms with Gasteiger partial charge in [0.2, 0.25) is 11.7 Å². The third-order valence-electron chi connectivity index (χ3n) is 3.85. The standard InChI is InChI=1S/C20H26N2O3/c1-4-6-8-13-18(23)19(24)21-17(20(25)22(3)14-5-2)15-16-11-9-7-10-12-16/h2,7,9-12,17H,4,6,8,13-15H2,1,3H3,(H,21,24). The van der Waals surface area contributed by atoms with Gasteiger partial charge in [-0.2, -0.15) is 0 Å². The van der Waals surface area contributed by atoms with E-state index in [9.17, 15) is 14.4 Å². The molecule has 0 radical (unpaired) electrons. The van der Waals surface area contributed by atoms with Crippen molar-refractivity contribution in [3.05, 3.63) is 35.9 Å². The van der Waals surface area contributed by atoms with Crippen LogP contribution in [0, 0.1) is 12.3 Å². The molecule has 1 aromatic rings. The maximum absolute atomic E-state index is 12.6. The molecule has 0 bridgehead atoms. The molecule has 0 aliphatic heterocycles. The number of benzene rings is 1. The summed E-state index contributed by atoms with van der Waals surface area (Å²) in [5, 5.41) is 2.58. The number of Topliss-reactive ketones (excluding diaryl/α,β-unsaturated/α-hetero) is 1. The first-order chi connectivity index (χ1) is 12.0. The zero-order valence-electron chi connectivity index (χ0n) is 15.0. The van der Waals surface area contributed by atoms with Gasteiger partial charge in [0, 0.05) is 19.9 Å². The highest BCUT2D eigenvalue weighted by Gasteiger charge is 2.26. The number of rotatable bonds is 10. The fourth-order valence-electron chi connectivity index (χ4n) is 2.42. The van der Waals surface area contributed by atoms with Gasteiger partial charge in [-0.05, 0) is 12.0 Å². The summed E-state index contributed by atoms with van der Waals surface area (Å²) in [5.41, 5.74) is 0.897. The summed E-state index contributed by atoms with van der Waals surface area (Å²) >= 11 is 0. The Hall–Kier alpha value is -2.61. The third kappa shape index (κ3) is 7.21. The summed E-state index contributed by atoms with van der Waals surface area (Å²) in [6.45, 7) is 2.17. The van der Waals surface area contributed by atoms with E-state index in [4.69, 9.17) is 6.42 Å². The van der Waals surface area contributed by atoms with Gasteiger partial charge in [-0.25, -0.2) is 0 Å². The van der Waals surface area contributed by atoms with Crippen molar-refractivity contribution in [2.24, 2.45) is 0 Å². The molecule has 1 unspecified atom stereocenters. The molecule has 0 aromatic heterocycles. The quantitative estimate of drug-likeness (QED) is 0.401. The molecule has 134 valence electrons. The van der Waals surface area contributed by atoms with Crippen LogP contribution in [0.2, 0.25) is 0 Å². The zero-order valence-corrected chi connectivity index (χ0v) is 15.0. The number of hydrogen-bond donors (Lipinski definition) is 1. The van der Waals surface area contributed by atoms with Crippen LogP contribution in [0.1, 0.15) is 38.2 Å². The van der Waals surface area contributed by atoms with Gasteiger partial charge in [-0.3, -0.25) is 14.4 Å². The smallest absolute Gasteiger partial charge is 0.288 e. The van der Waals surface area contributed by atoms with Crippen molar-refractivity contribution in [2.45, 2.75) is 45.1 Å². The first kappa shape index (κ1) is 20.4. The van der Waals surface area contributed by atoms with Gasteiger partial charge >= 0.3 is 0 Å². The van der Waals surface area contributed by atoms with Crippen LogP contribution >= 0.6 is 0 Å². The molecule has 25 heavy (non-hydrogen) atoms. The number of ketones is 1. The summed E-state index contributed by atoms with van der Waals surface area (Å²) in [4.78, 5) is 38.0. The number of terminal acetylenes is 1. The summed E-state index contributed by atoms with van der Waals surface area (Å²) in [6, 6.07) is 8.52. The molecule has 2 amide bonds. The van der Waals surface area contributed by atoms with Crippen LogP contribution in [0.15, 0.2) is 30.3 Å². The van der Waals surface area contributed by atoms with E-state index in [1.165, 1.54) is 4.90 Å². The number of likely N-dealkylation sites (N-methyl/N-ethyl adjacent to an activating group) is 1. The normalized spacial score (nSPS) is 11.2. The van der Waals surface area contributed by atoms with Crippen LogP contribution in [0.25, 0.3) is 0 Å². The second kappa shape index (κ2) is 11.0. The topological polar surface area (TPSA) is 66.5 Å². The molecule has 0 saturated carbocycles. The van der Waals surface area contributed by atoms with E-state index < -0.39 is 17.7 Å². The van der Waals surface area contributed by atoms with Crippen LogP contribution in [0.5, 0.6) is 0 Å². The minimum atomic E-state index is -0.816. The number of nitrogens with zero attached hydrogens (tertiary/aromatic N) is 1. The molecule has 5 nitrogen and oxygen atoms in total. The zero-order chi connectivity index (χ0) is 18.7. The van der Waals surface area contributed by atoms with E-state index in [-0.39, 0.29) is 18.9 Å². The molecule has 0 heterocycles. The molecular weight excluding hydrogens is 316 g/mol. The van der Waals surface area contributed by atoms with Crippen molar-refractivity contribution in [3.8, 4) is 12.3 Å². The Morgan fingerprint density at radius 1 is 1.20 bits per heavy atom. The van der Waals surface area contributed by atoms with Gasteiger partial charge in [0.05, 0.1) is 6.54 Å². The minimum absolute atomic E-state index is 0.143. The molecule has 0 fully saturated rings. The fraction of sp³-hybridized carbons (Fsp3) is 0.450. The lowest BCUT2D eigenvalue weighted by Crippen LogP contribution is -2.50. The van der Waals surface area contributed by atoms with E-state index in [1.807, 2.05) is 37.3 Å². The first-order valence-corrected chi connectivity index (χ1v) is 8.55.